The number of ketones is 1. The van der Waals surface area contributed by atoms with Crippen molar-refractivity contribution in [2.24, 2.45) is 5.41 Å². The number of carbonyl (C=O) groups is 1. The third kappa shape index (κ3) is 2.94. The number of nitrogens with zero attached hydrogens (tertiary/aromatic N) is 2. The Morgan fingerprint density at radius 2 is 1.96 bits per heavy atom. The molecule has 28 heavy (non-hydrogen) atoms. The predicted molar refractivity (Wildman–Crippen MR) is 104 cm³/mol. The van der Waals surface area contributed by atoms with Gasteiger partial charge in [0.25, 0.3) is 0 Å². The molecule has 142 valence electrons. The lowest BCUT2D eigenvalue weighted by Crippen LogP contribution is -2.33. The van der Waals surface area contributed by atoms with Gasteiger partial charge < -0.3 is 4.74 Å². The maximum absolute atomic E-state index is 14.9. The number of nitriles is 1. The second kappa shape index (κ2) is 6.65. The Morgan fingerprint density at radius 3 is 2.61 bits per heavy atom. The van der Waals surface area contributed by atoms with Crippen molar-refractivity contribution >= 4 is 23.3 Å². The maximum atomic E-state index is 14.9. The Balaban J connectivity index is 2.01. The average molecular weight is 397 g/mol. The van der Waals surface area contributed by atoms with E-state index in [-0.39, 0.29) is 33.2 Å². The van der Waals surface area contributed by atoms with Crippen molar-refractivity contribution in [3.05, 3.63) is 76.0 Å². The molecule has 2 aromatic rings. The fraction of sp³-hybridized carbons (Fsp3) is 0.273. The Labute approximate surface area is 167 Å². The number of hydrogen-bond acceptors (Lipinski definition) is 3. The average Bonchev–Trinajstić information content (AvgIpc) is 3.14. The van der Waals surface area contributed by atoms with Crippen LogP contribution in [-0.2, 0) is 9.53 Å². The van der Waals surface area contributed by atoms with Crippen LogP contribution in [0.4, 0.5) is 4.39 Å². The molecule has 0 fully saturated rings. The van der Waals surface area contributed by atoms with E-state index < -0.39 is 11.7 Å². The molecular formula is C22H18ClFN2O2. The fourth-order valence-electron chi connectivity index (χ4n) is 3.98. The highest BCUT2D eigenvalue weighted by molar-refractivity contribution is 6.31. The lowest BCUT2D eigenvalue weighted by atomic mass is 9.70. The highest BCUT2D eigenvalue weighted by Crippen LogP contribution is 2.50. The van der Waals surface area contributed by atoms with E-state index in [4.69, 9.17) is 16.3 Å². The number of halogens is 2. The molecule has 1 atom stereocenters. The zero-order valence-corrected chi connectivity index (χ0v) is 16.3. The van der Waals surface area contributed by atoms with Gasteiger partial charge in [0, 0.05) is 41.4 Å². The van der Waals surface area contributed by atoms with Gasteiger partial charge >= 0.3 is 0 Å². The highest BCUT2D eigenvalue weighted by Gasteiger charge is 2.45. The molecular weight excluding hydrogens is 379 g/mol. The van der Waals surface area contributed by atoms with E-state index in [0.717, 1.165) is 0 Å². The van der Waals surface area contributed by atoms with Crippen molar-refractivity contribution in [1.82, 2.24) is 4.57 Å². The summed E-state index contributed by atoms with van der Waals surface area (Å²) in [5, 5.41) is 10.1. The first-order valence-electron chi connectivity index (χ1n) is 8.98. The summed E-state index contributed by atoms with van der Waals surface area (Å²) in [7, 11) is 0. The Morgan fingerprint density at radius 1 is 1.25 bits per heavy atom. The highest BCUT2D eigenvalue weighted by atomic mass is 35.5. The van der Waals surface area contributed by atoms with Gasteiger partial charge in [0.05, 0.1) is 5.92 Å². The van der Waals surface area contributed by atoms with Crippen LogP contribution < -0.4 is 0 Å². The van der Waals surface area contributed by atoms with Gasteiger partial charge in [-0.2, -0.15) is 5.26 Å². The number of Topliss-reactive ketones (excluding diaryl/α,β-unsaturated/α-hetero) is 1. The van der Waals surface area contributed by atoms with Crippen LogP contribution in [0.3, 0.4) is 0 Å². The van der Waals surface area contributed by atoms with Gasteiger partial charge in [0.1, 0.15) is 23.2 Å². The van der Waals surface area contributed by atoms with Crippen LogP contribution in [0, 0.1) is 22.6 Å². The molecule has 1 aromatic heterocycles. The smallest absolute Gasteiger partial charge is 0.218 e. The molecule has 2 aliphatic rings. The molecule has 4 rings (SSSR count). The summed E-state index contributed by atoms with van der Waals surface area (Å²) in [6.45, 7) is 3.98. The van der Waals surface area contributed by atoms with Gasteiger partial charge in [0.15, 0.2) is 5.78 Å². The molecule has 4 nitrogen and oxygen atoms in total. The minimum atomic E-state index is -0.900. The SMILES string of the molecule is CC1(C)CC(=O)C2=C(C1)OC(n1cccc1)=C(C#N)[C@H]2c1c(F)cccc1Cl. The number of benzene rings is 1. The van der Waals surface area contributed by atoms with Crippen LogP contribution in [0.15, 0.2) is 59.6 Å². The van der Waals surface area contributed by atoms with Crippen molar-refractivity contribution in [2.45, 2.75) is 32.6 Å². The van der Waals surface area contributed by atoms with Crippen LogP contribution in [0.2, 0.25) is 5.02 Å². The van der Waals surface area contributed by atoms with E-state index in [1.54, 1.807) is 35.2 Å². The summed E-state index contributed by atoms with van der Waals surface area (Å²) in [4.78, 5) is 13.1. The van der Waals surface area contributed by atoms with Crippen LogP contribution in [0.25, 0.3) is 5.88 Å². The van der Waals surface area contributed by atoms with E-state index in [1.807, 2.05) is 13.8 Å². The van der Waals surface area contributed by atoms with Gasteiger partial charge in [-0.1, -0.05) is 31.5 Å². The van der Waals surface area contributed by atoms with Crippen molar-refractivity contribution in [2.75, 3.05) is 0 Å². The first kappa shape index (κ1) is 18.5. The van der Waals surface area contributed by atoms with Crippen molar-refractivity contribution in [1.29, 1.82) is 5.26 Å². The quantitative estimate of drug-likeness (QED) is 0.680. The second-order valence-electron chi connectivity index (χ2n) is 7.87. The maximum Gasteiger partial charge on any atom is 0.218 e. The molecule has 2 heterocycles. The molecule has 1 aromatic carbocycles. The Kier molecular flexibility index (Phi) is 4.40. The number of ether oxygens (including phenoxy) is 1. The summed E-state index contributed by atoms with van der Waals surface area (Å²) < 4.78 is 22.6. The molecule has 0 bridgehead atoms. The first-order valence-corrected chi connectivity index (χ1v) is 9.36. The third-order valence-corrected chi connectivity index (χ3v) is 5.48. The van der Waals surface area contributed by atoms with Crippen LogP contribution >= 0.6 is 11.6 Å². The molecule has 1 aliphatic carbocycles. The van der Waals surface area contributed by atoms with E-state index in [0.29, 0.717) is 24.2 Å². The van der Waals surface area contributed by atoms with E-state index in [2.05, 4.69) is 6.07 Å². The second-order valence-corrected chi connectivity index (χ2v) is 8.28. The molecule has 6 heteroatoms. The normalized spacial score (nSPS) is 21.2. The minimum absolute atomic E-state index is 0.134. The molecule has 1 aliphatic heterocycles. The van der Waals surface area contributed by atoms with Crippen molar-refractivity contribution in [3.63, 3.8) is 0 Å². The number of carbonyl (C=O) groups excluding carboxylic acids is 1. The molecule has 0 radical (unpaired) electrons. The summed E-state index contributed by atoms with van der Waals surface area (Å²) >= 11 is 6.34. The van der Waals surface area contributed by atoms with Gasteiger partial charge in [-0.3, -0.25) is 9.36 Å². The number of hydrogen-bond donors (Lipinski definition) is 0. The molecule has 0 saturated carbocycles. The fourth-order valence-corrected chi connectivity index (χ4v) is 4.25. The summed E-state index contributed by atoms with van der Waals surface area (Å²) in [5.74, 6) is -0.837. The number of aromatic nitrogens is 1. The Hall–Kier alpha value is -2.84. The van der Waals surface area contributed by atoms with E-state index in [1.165, 1.54) is 12.1 Å². The largest absolute Gasteiger partial charge is 0.443 e. The number of allylic oxidation sites excluding steroid dienone is 3. The topological polar surface area (TPSA) is 55.0 Å². The summed E-state index contributed by atoms with van der Waals surface area (Å²) in [5.41, 5.74) is 0.342. The van der Waals surface area contributed by atoms with Crippen molar-refractivity contribution in [3.8, 4) is 6.07 Å². The van der Waals surface area contributed by atoms with E-state index in [9.17, 15) is 14.4 Å². The predicted octanol–water partition coefficient (Wildman–Crippen LogP) is 5.43. The van der Waals surface area contributed by atoms with Crippen LogP contribution in [0.5, 0.6) is 0 Å². The number of rotatable bonds is 2. The van der Waals surface area contributed by atoms with Crippen LogP contribution in [0.1, 0.15) is 38.2 Å². The molecule has 0 saturated heterocycles. The summed E-state index contributed by atoms with van der Waals surface area (Å²) in [6.07, 6.45) is 4.30. The molecule has 0 spiro atoms. The molecule has 0 amide bonds. The molecule has 0 N–H and O–H groups in total. The lowest BCUT2D eigenvalue weighted by molar-refractivity contribution is -0.118. The third-order valence-electron chi connectivity index (χ3n) is 5.15. The van der Waals surface area contributed by atoms with Gasteiger partial charge in [-0.25, -0.2) is 4.39 Å². The Bertz CT molecular complexity index is 1050. The zero-order chi connectivity index (χ0) is 20.1. The first-order chi connectivity index (χ1) is 13.3. The van der Waals surface area contributed by atoms with Gasteiger partial charge in [0.2, 0.25) is 5.88 Å². The van der Waals surface area contributed by atoms with Gasteiger partial charge in [-0.15, -0.1) is 0 Å². The summed E-state index contributed by atoms with van der Waals surface area (Å²) in [6, 6.07) is 10.1. The molecule has 0 unspecified atom stereocenters. The minimum Gasteiger partial charge on any atom is -0.443 e. The van der Waals surface area contributed by atoms with Crippen LogP contribution in [-0.4, -0.2) is 10.4 Å². The van der Waals surface area contributed by atoms with E-state index >= 15 is 0 Å². The lowest BCUT2D eigenvalue weighted by Gasteiger charge is -2.38. The van der Waals surface area contributed by atoms with Crippen molar-refractivity contribution < 1.29 is 13.9 Å². The zero-order valence-electron chi connectivity index (χ0n) is 15.5. The van der Waals surface area contributed by atoms with Gasteiger partial charge in [-0.05, 0) is 29.7 Å². The standard InChI is InChI=1S/C22H18ClFN2O2/c1-22(2)10-16(27)20-17(11-22)28-21(26-8-3-4-9-26)13(12-25)18(20)19-14(23)6-5-7-15(19)24/h3-9,18H,10-11H2,1-2H3/t18-/m0/s1. The monoisotopic (exact) mass is 396 g/mol.